The molecule has 11 heteroatoms. The number of hydrogen-bond donors (Lipinski definition) is 4. The van der Waals surface area contributed by atoms with Crippen molar-refractivity contribution >= 4 is 17.4 Å². The molecule has 0 aliphatic rings. The Balaban J connectivity index is 0.000000248. The number of aromatic amines is 2. The van der Waals surface area contributed by atoms with Crippen LogP contribution in [0.25, 0.3) is 0 Å². The first-order valence-electron chi connectivity index (χ1n) is 14.1. The van der Waals surface area contributed by atoms with Crippen molar-refractivity contribution in [3.63, 3.8) is 0 Å². The van der Waals surface area contributed by atoms with Gasteiger partial charge in [-0.3, -0.25) is 28.7 Å². The SMILES string of the molecule is CC(C)n1c(=O)cc(Cl)[nH]c1=O.Cc1cccc([C@H](C)N)c1.Cc1cccc([C@H](C)Nc2cc(=O)n(C(C)C)c(=O)[nH]2)c1. The van der Waals surface area contributed by atoms with Gasteiger partial charge in [0.1, 0.15) is 11.0 Å². The highest BCUT2D eigenvalue weighted by molar-refractivity contribution is 6.29. The monoisotopic (exact) mass is 610 g/mol. The predicted octanol–water partition coefficient (Wildman–Crippen LogP) is 5.38. The number of halogens is 1. The summed E-state index contributed by atoms with van der Waals surface area (Å²) in [7, 11) is 0. The summed E-state index contributed by atoms with van der Waals surface area (Å²) in [5.74, 6) is 0.441. The summed E-state index contributed by atoms with van der Waals surface area (Å²) in [6.45, 7) is 15.2. The molecule has 0 radical (unpaired) electrons. The molecule has 0 saturated heterocycles. The van der Waals surface area contributed by atoms with Gasteiger partial charge in [0.2, 0.25) is 0 Å². The molecule has 43 heavy (non-hydrogen) atoms. The van der Waals surface area contributed by atoms with E-state index in [2.05, 4.69) is 46.5 Å². The zero-order valence-corrected chi connectivity index (χ0v) is 26.8. The molecule has 4 rings (SSSR count). The molecule has 0 saturated carbocycles. The van der Waals surface area contributed by atoms with Crippen molar-refractivity contribution in [2.24, 2.45) is 5.73 Å². The Kier molecular flexibility index (Phi) is 13.0. The topological polar surface area (TPSA) is 148 Å². The molecule has 5 N–H and O–H groups in total. The molecule has 2 atom stereocenters. The van der Waals surface area contributed by atoms with Gasteiger partial charge in [0, 0.05) is 36.3 Å². The minimum Gasteiger partial charge on any atom is -0.365 e. The fourth-order valence-corrected chi connectivity index (χ4v) is 4.42. The first kappa shape index (κ1) is 35.0. The fraction of sp³-hybridized carbons (Fsp3) is 0.375. The summed E-state index contributed by atoms with van der Waals surface area (Å²) in [4.78, 5) is 51.2. The van der Waals surface area contributed by atoms with Gasteiger partial charge in [-0.2, -0.15) is 0 Å². The average molecular weight is 611 g/mol. The number of nitrogens with zero attached hydrogens (tertiary/aromatic N) is 2. The smallest absolute Gasteiger partial charge is 0.330 e. The van der Waals surface area contributed by atoms with Crippen LogP contribution in [0.4, 0.5) is 5.82 Å². The Labute approximate surface area is 256 Å². The second-order valence-corrected chi connectivity index (χ2v) is 11.4. The van der Waals surface area contributed by atoms with Gasteiger partial charge in [0.25, 0.3) is 11.1 Å². The van der Waals surface area contributed by atoms with E-state index < -0.39 is 11.4 Å². The maximum atomic E-state index is 12.0. The number of anilines is 1. The lowest BCUT2D eigenvalue weighted by molar-refractivity contribution is 0.546. The summed E-state index contributed by atoms with van der Waals surface area (Å²) >= 11 is 5.46. The van der Waals surface area contributed by atoms with Crippen molar-refractivity contribution in [3.05, 3.63) is 130 Å². The molecule has 232 valence electrons. The van der Waals surface area contributed by atoms with Crippen molar-refractivity contribution in [1.29, 1.82) is 0 Å². The van der Waals surface area contributed by atoms with Crippen LogP contribution in [0.5, 0.6) is 0 Å². The molecule has 10 nitrogen and oxygen atoms in total. The first-order valence-corrected chi connectivity index (χ1v) is 14.5. The molecule has 2 aromatic heterocycles. The molecule has 2 aromatic carbocycles. The van der Waals surface area contributed by atoms with E-state index in [9.17, 15) is 19.2 Å². The summed E-state index contributed by atoms with van der Waals surface area (Å²) < 4.78 is 2.30. The third-order valence-electron chi connectivity index (χ3n) is 6.41. The van der Waals surface area contributed by atoms with Gasteiger partial charge in [-0.05, 0) is 66.5 Å². The number of hydrogen-bond acceptors (Lipinski definition) is 6. The van der Waals surface area contributed by atoms with Crippen LogP contribution in [0.15, 0.2) is 79.8 Å². The van der Waals surface area contributed by atoms with Gasteiger partial charge in [0.15, 0.2) is 0 Å². The first-order chi connectivity index (χ1) is 20.1. The molecule has 0 unspecified atom stereocenters. The lowest BCUT2D eigenvalue weighted by Gasteiger charge is -2.17. The molecule has 0 fully saturated rings. The Morgan fingerprint density at radius 1 is 0.698 bits per heavy atom. The van der Waals surface area contributed by atoms with Crippen LogP contribution in [0.2, 0.25) is 5.15 Å². The van der Waals surface area contributed by atoms with Crippen LogP contribution in [0.3, 0.4) is 0 Å². The molecule has 0 bridgehead atoms. The number of H-pyrrole nitrogens is 2. The fourth-order valence-electron chi connectivity index (χ4n) is 4.25. The molecule has 0 aliphatic heterocycles. The van der Waals surface area contributed by atoms with Crippen molar-refractivity contribution in [1.82, 2.24) is 19.1 Å². The highest BCUT2D eigenvalue weighted by Gasteiger charge is 2.10. The third-order valence-corrected chi connectivity index (χ3v) is 6.62. The van der Waals surface area contributed by atoms with Gasteiger partial charge in [-0.15, -0.1) is 0 Å². The highest BCUT2D eigenvalue weighted by atomic mass is 35.5. The van der Waals surface area contributed by atoms with Crippen LogP contribution < -0.4 is 33.5 Å². The Morgan fingerprint density at radius 2 is 1.16 bits per heavy atom. The minimum absolute atomic E-state index is 0.00477. The quantitative estimate of drug-likeness (QED) is 0.215. The van der Waals surface area contributed by atoms with Crippen LogP contribution >= 0.6 is 11.6 Å². The van der Waals surface area contributed by atoms with Crippen LogP contribution in [0, 0.1) is 13.8 Å². The van der Waals surface area contributed by atoms with Crippen molar-refractivity contribution in [2.45, 2.75) is 79.6 Å². The molecular formula is C32H43ClN6O4. The molecule has 0 spiro atoms. The van der Waals surface area contributed by atoms with E-state index in [1.54, 1.807) is 27.7 Å². The Hall–Kier alpha value is -4.15. The van der Waals surface area contributed by atoms with Gasteiger partial charge >= 0.3 is 11.4 Å². The lowest BCUT2D eigenvalue weighted by atomic mass is 10.1. The van der Waals surface area contributed by atoms with Crippen LogP contribution in [0.1, 0.15) is 88.0 Å². The summed E-state index contributed by atoms with van der Waals surface area (Å²) in [5, 5.41) is 3.24. The minimum atomic E-state index is -0.470. The lowest BCUT2D eigenvalue weighted by Crippen LogP contribution is -2.36. The maximum absolute atomic E-state index is 12.0. The summed E-state index contributed by atoms with van der Waals surface area (Å²) in [6.07, 6.45) is 0. The summed E-state index contributed by atoms with van der Waals surface area (Å²) in [6, 6.07) is 18.8. The second kappa shape index (κ2) is 15.9. The van der Waals surface area contributed by atoms with E-state index in [-0.39, 0.29) is 40.4 Å². The maximum Gasteiger partial charge on any atom is 0.330 e. The van der Waals surface area contributed by atoms with E-state index in [4.69, 9.17) is 17.3 Å². The van der Waals surface area contributed by atoms with Crippen molar-refractivity contribution in [2.75, 3.05) is 5.32 Å². The normalized spacial score (nSPS) is 12.1. The number of nitrogens with one attached hydrogen (secondary N) is 3. The number of benzene rings is 2. The van der Waals surface area contributed by atoms with E-state index in [0.717, 1.165) is 10.1 Å². The summed E-state index contributed by atoms with van der Waals surface area (Å²) in [5.41, 5.74) is 8.90. The van der Waals surface area contributed by atoms with Gasteiger partial charge in [0.05, 0.1) is 0 Å². The Morgan fingerprint density at radius 3 is 1.58 bits per heavy atom. The number of nitrogens with two attached hydrogens (primary N) is 1. The molecule has 4 aromatic rings. The standard InChI is InChI=1S/C16H21N3O2.C9H13N.C7H9ClN2O2/c1-10(2)19-15(20)9-14(18-16(19)21)17-12(4)13-7-5-6-11(3)8-13;1-7-4-3-5-9(6-7)8(2)10;1-4(2)10-6(11)3-5(8)9-7(10)12/h5-10,12,17H,1-4H3,(H,18,21);3-6,8H,10H2,1-2H3;3-4H,1-2H3,(H,9,12)/t12-;8-;/m00./s1. The van der Waals surface area contributed by atoms with E-state index >= 15 is 0 Å². The number of aryl methyl sites for hydroxylation is 2. The van der Waals surface area contributed by atoms with E-state index in [1.165, 1.54) is 33.4 Å². The van der Waals surface area contributed by atoms with E-state index in [0.29, 0.717) is 5.82 Å². The largest absolute Gasteiger partial charge is 0.365 e. The zero-order valence-electron chi connectivity index (χ0n) is 26.1. The van der Waals surface area contributed by atoms with Crippen molar-refractivity contribution in [3.8, 4) is 0 Å². The second-order valence-electron chi connectivity index (χ2n) is 11.0. The highest BCUT2D eigenvalue weighted by Crippen LogP contribution is 2.17. The predicted molar refractivity (Wildman–Crippen MR) is 175 cm³/mol. The molecular weight excluding hydrogens is 568 g/mol. The average Bonchev–Trinajstić information content (AvgIpc) is 2.88. The molecule has 0 aliphatic carbocycles. The van der Waals surface area contributed by atoms with Crippen LogP contribution in [-0.2, 0) is 0 Å². The van der Waals surface area contributed by atoms with Crippen LogP contribution in [-0.4, -0.2) is 19.1 Å². The van der Waals surface area contributed by atoms with Gasteiger partial charge in [-0.1, -0.05) is 71.3 Å². The zero-order chi connectivity index (χ0) is 32.4. The van der Waals surface area contributed by atoms with E-state index in [1.807, 2.05) is 45.0 Å². The van der Waals surface area contributed by atoms with Gasteiger partial charge in [-0.25, -0.2) is 9.59 Å². The number of aromatic nitrogens is 4. The third kappa shape index (κ3) is 10.6. The van der Waals surface area contributed by atoms with Crippen molar-refractivity contribution < 1.29 is 0 Å². The molecule has 2 heterocycles. The molecule has 0 amide bonds. The number of rotatable bonds is 6. The van der Waals surface area contributed by atoms with Gasteiger partial charge < -0.3 is 11.1 Å². The Bertz CT molecular complexity index is 1670.